The zero-order valence-corrected chi connectivity index (χ0v) is 16.0. The standard InChI is InChI=1S/C19H28N4O/c1-12-21-22-13(2)23(12)20-11-14-9-15(18(3,4)5)17(24)16(10-14)19(6,7)8/h9-11,24H,1-8H3/b20-11-. The molecule has 0 radical (unpaired) electrons. The molecule has 1 aromatic heterocycles. The van der Waals surface area contributed by atoms with Gasteiger partial charge in [0, 0.05) is 11.1 Å². The molecular weight excluding hydrogens is 300 g/mol. The smallest absolute Gasteiger partial charge is 0.151 e. The first kappa shape index (κ1) is 18.2. The van der Waals surface area contributed by atoms with E-state index in [-0.39, 0.29) is 10.8 Å². The van der Waals surface area contributed by atoms with Crippen LogP contribution in [0.4, 0.5) is 0 Å². The lowest BCUT2D eigenvalue weighted by atomic mass is 9.78. The van der Waals surface area contributed by atoms with Crippen LogP contribution in [0.3, 0.4) is 0 Å². The Morgan fingerprint density at radius 2 is 1.33 bits per heavy atom. The van der Waals surface area contributed by atoms with Gasteiger partial charge in [-0.1, -0.05) is 41.5 Å². The van der Waals surface area contributed by atoms with Gasteiger partial charge in [0.25, 0.3) is 0 Å². The lowest BCUT2D eigenvalue weighted by molar-refractivity contribution is 0.423. The second kappa shape index (κ2) is 6.04. The van der Waals surface area contributed by atoms with E-state index in [1.807, 2.05) is 26.0 Å². The van der Waals surface area contributed by atoms with Gasteiger partial charge in [0.05, 0.1) is 6.21 Å². The van der Waals surface area contributed by atoms with Crippen LogP contribution in [0.2, 0.25) is 0 Å². The maximum absolute atomic E-state index is 10.8. The summed E-state index contributed by atoms with van der Waals surface area (Å²) < 4.78 is 1.71. The Balaban J connectivity index is 2.59. The number of phenols is 1. The quantitative estimate of drug-likeness (QED) is 0.845. The Labute approximate surface area is 144 Å². The third kappa shape index (κ3) is 3.66. The van der Waals surface area contributed by atoms with E-state index in [0.717, 1.165) is 28.3 Å². The summed E-state index contributed by atoms with van der Waals surface area (Å²) >= 11 is 0. The Bertz CT molecular complexity index is 719. The van der Waals surface area contributed by atoms with E-state index < -0.39 is 0 Å². The molecule has 0 fully saturated rings. The molecule has 1 heterocycles. The molecule has 0 bridgehead atoms. The fourth-order valence-corrected chi connectivity index (χ4v) is 2.63. The summed E-state index contributed by atoms with van der Waals surface area (Å²) in [5, 5.41) is 23.3. The van der Waals surface area contributed by atoms with Gasteiger partial charge in [0.15, 0.2) is 11.6 Å². The van der Waals surface area contributed by atoms with Crippen molar-refractivity contribution in [1.82, 2.24) is 14.9 Å². The van der Waals surface area contributed by atoms with Crippen molar-refractivity contribution in [3.8, 4) is 5.75 Å². The number of nitrogens with zero attached hydrogens (tertiary/aromatic N) is 4. The minimum absolute atomic E-state index is 0.156. The summed E-state index contributed by atoms with van der Waals surface area (Å²) in [4.78, 5) is 0. The average molecular weight is 328 g/mol. The van der Waals surface area contributed by atoms with Crippen LogP contribution in [0.15, 0.2) is 17.2 Å². The first-order chi connectivity index (χ1) is 10.9. The van der Waals surface area contributed by atoms with Crippen LogP contribution >= 0.6 is 0 Å². The molecule has 5 nitrogen and oxygen atoms in total. The summed E-state index contributed by atoms with van der Waals surface area (Å²) in [6, 6.07) is 4.01. The number of hydrogen-bond donors (Lipinski definition) is 1. The Hall–Kier alpha value is -2.17. The normalized spacial score (nSPS) is 13.0. The summed E-state index contributed by atoms with van der Waals surface area (Å²) in [6.07, 6.45) is 1.80. The third-order valence-corrected chi connectivity index (χ3v) is 4.02. The lowest BCUT2D eigenvalue weighted by Gasteiger charge is -2.27. The molecular formula is C19H28N4O. The topological polar surface area (TPSA) is 63.3 Å². The Kier molecular flexibility index (Phi) is 4.57. The maximum atomic E-state index is 10.8. The fourth-order valence-electron chi connectivity index (χ4n) is 2.63. The Morgan fingerprint density at radius 3 is 1.71 bits per heavy atom. The largest absolute Gasteiger partial charge is 0.507 e. The number of benzene rings is 1. The molecule has 130 valence electrons. The predicted molar refractivity (Wildman–Crippen MR) is 98.0 cm³/mol. The van der Waals surface area contributed by atoms with Crippen molar-refractivity contribution in [3.05, 3.63) is 40.5 Å². The average Bonchev–Trinajstić information content (AvgIpc) is 2.74. The van der Waals surface area contributed by atoms with Gasteiger partial charge in [0.1, 0.15) is 5.75 Å². The van der Waals surface area contributed by atoms with Gasteiger partial charge in [-0.25, -0.2) is 4.68 Å². The van der Waals surface area contributed by atoms with Gasteiger partial charge >= 0.3 is 0 Å². The first-order valence-electron chi connectivity index (χ1n) is 8.22. The third-order valence-electron chi connectivity index (χ3n) is 4.02. The molecule has 24 heavy (non-hydrogen) atoms. The number of aryl methyl sites for hydroxylation is 2. The highest BCUT2D eigenvalue weighted by Gasteiger charge is 2.26. The SMILES string of the molecule is Cc1nnc(C)n1/N=C\c1cc(C(C)(C)C)c(O)c(C(C)(C)C)c1. The number of phenolic OH excluding ortho intramolecular Hbond substituents is 1. The van der Waals surface area contributed by atoms with E-state index >= 15 is 0 Å². The van der Waals surface area contributed by atoms with Gasteiger partial charge in [-0.05, 0) is 42.4 Å². The van der Waals surface area contributed by atoms with Crippen molar-refractivity contribution < 1.29 is 5.11 Å². The molecule has 1 aromatic carbocycles. The van der Waals surface area contributed by atoms with Crippen LogP contribution in [-0.4, -0.2) is 26.2 Å². The highest BCUT2D eigenvalue weighted by Crippen LogP contribution is 2.39. The van der Waals surface area contributed by atoms with Crippen molar-refractivity contribution >= 4 is 6.21 Å². The molecule has 0 aliphatic heterocycles. The molecule has 1 N–H and O–H groups in total. The number of aromatic nitrogens is 3. The van der Waals surface area contributed by atoms with Crippen LogP contribution in [-0.2, 0) is 10.8 Å². The van der Waals surface area contributed by atoms with Crippen LogP contribution in [0.25, 0.3) is 0 Å². The van der Waals surface area contributed by atoms with Gasteiger partial charge in [-0.15, -0.1) is 10.2 Å². The summed E-state index contributed by atoms with van der Waals surface area (Å²) in [7, 11) is 0. The van der Waals surface area contributed by atoms with E-state index in [0.29, 0.717) is 5.75 Å². The van der Waals surface area contributed by atoms with E-state index in [9.17, 15) is 5.11 Å². The van der Waals surface area contributed by atoms with E-state index in [1.165, 1.54) is 0 Å². The van der Waals surface area contributed by atoms with Crippen molar-refractivity contribution in [2.24, 2.45) is 5.10 Å². The number of aromatic hydroxyl groups is 1. The van der Waals surface area contributed by atoms with E-state index in [2.05, 4.69) is 56.8 Å². The zero-order valence-electron chi connectivity index (χ0n) is 16.0. The lowest BCUT2D eigenvalue weighted by Crippen LogP contribution is -2.18. The summed E-state index contributed by atoms with van der Waals surface area (Å²) in [5.41, 5.74) is 2.49. The van der Waals surface area contributed by atoms with Crippen LogP contribution < -0.4 is 0 Å². The minimum atomic E-state index is -0.156. The second-order valence-corrected chi connectivity index (χ2v) is 8.32. The van der Waals surface area contributed by atoms with Crippen molar-refractivity contribution in [2.75, 3.05) is 0 Å². The summed E-state index contributed by atoms with van der Waals surface area (Å²) in [5.74, 6) is 1.87. The van der Waals surface area contributed by atoms with Gasteiger partial charge in [-0.2, -0.15) is 5.10 Å². The van der Waals surface area contributed by atoms with Gasteiger partial charge in [0.2, 0.25) is 0 Å². The van der Waals surface area contributed by atoms with Crippen LogP contribution in [0.5, 0.6) is 5.75 Å². The van der Waals surface area contributed by atoms with Crippen molar-refractivity contribution in [3.63, 3.8) is 0 Å². The molecule has 0 atom stereocenters. The molecule has 2 rings (SSSR count). The minimum Gasteiger partial charge on any atom is -0.507 e. The molecule has 0 unspecified atom stereocenters. The molecule has 2 aromatic rings. The van der Waals surface area contributed by atoms with E-state index in [1.54, 1.807) is 10.9 Å². The molecule has 0 spiro atoms. The second-order valence-electron chi connectivity index (χ2n) is 8.32. The molecule has 5 heteroatoms. The fraction of sp³-hybridized carbons (Fsp3) is 0.526. The van der Waals surface area contributed by atoms with Crippen LogP contribution in [0, 0.1) is 13.8 Å². The Morgan fingerprint density at radius 1 is 0.917 bits per heavy atom. The van der Waals surface area contributed by atoms with Crippen molar-refractivity contribution in [2.45, 2.75) is 66.2 Å². The first-order valence-corrected chi connectivity index (χ1v) is 8.22. The van der Waals surface area contributed by atoms with Gasteiger partial charge < -0.3 is 5.11 Å². The zero-order chi connectivity index (χ0) is 18.3. The van der Waals surface area contributed by atoms with E-state index in [4.69, 9.17) is 0 Å². The van der Waals surface area contributed by atoms with Crippen molar-refractivity contribution in [1.29, 1.82) is 0 Å². The monoisotopic (exact) mass is 328 g/mol. The maximum Gasteiger partial charge on any atom is 0.151 e. The molecule has 0 saturated carbocycles. The molecule has 0 aliphatic carbocycles. The van der Waals surface area contributed by atoms with Crippen LogP contribution in [0.1, 0.15) is 69.9 Å². The number of hydrogen-bond acceptors (Lipinski definition) is 4. The molecule has 0 saturated heterocycles. The highest BCUT2D eigenvalue weighted by atomic mass is 16.3. The number of rotatable bonds is 2. The molecule has 0 aliphatic rings. The highest BCUT2D eigenvalue weighted by molar-refractivity contribution is 5.81. The summed E-state index contributed by atoms with van der Waals surface area (Å²) in [6.45, 7) is 16.3. The molecule has 0 amide bonds. The van der Waals surface area contributed by atoms with Gasteiger partial charge in [-0.3, -0.25) is 0 Å². The predicted octanol–water partition coefficient (Wildman–Crippen LogP) is 4.08.